The minimum atomic E-state index is 0.588. The highest BCUT2D eigenvalue weighted by atomic mass is 16.5. The van der Waals surface area contributed by atoms with Gasteiger partial charge in [-0.05, 0) is 23.3 Å². The number of rotatable bonds is 8. The Morgan fingerprint density at radius 2 is 1.65 bits per heavy atom. The number of para-hydroxylation sites is 1. The molecule has 2 aromatic carbocycles. The van der Waals surface area contributed by atoms with Crippen LogP contribution in [0.15, 0.2) is 67.3 Å². The monoisotopic (exact) mass is 268 g/mol. The van der Waals surface area contributed by atoms with E-state index in [9.17, 15) is 0 Å². The van der Waals surface area contributed by atoms with E-state index >= 15 is 0 Å². The van der Waals surface area contributed by atoms with Gasteiger partial charge in [0.15, 0.2) is 0 Å². The molecule has 0 aliphatic rings. The molecular formula is C17H20N2O. The molecule has 0 saturated heterocycles. The van der Waals surface area contributed by atoms with Crippen molar-refractivity contribution in [3.8, 4) is 0 Å². The smallest absolute Gasteiger partial charge is 0.0721 e. The van der Waals surface area contributed by atoms with Crippen LogP contribution in [0.5, 0.6) is 0 Å². The molecule has 0 radical (unpaired) electrons. The fourth-order valence-corrected chi connectivity index (χ4v) is 1.78. The lowest BCUT2D eigenvalue weighted by atomic mass is 10.1. The largest absolute Gasteiger partial charge is 0.373 e. The number of benzene rings is 2. The van der Waals surface area contributed by atoms with Crippen molar-refractivity contribution in [2.75, 3.05) is 12.0 Å². The zero-order valence-electron chi connectivity index (χ0n) is 11.5. The van der Waals surface area contributed by atoms with Crippen LogP contribution in [0, 0.1) is 0 Å². The molecule has 0 aromatic heterocycles. The molecule has 0 fully saturated rings. The zero-order valence-corrected chi connectivity index (χ0v) is 11.5. The Labute approximate surface area is 120 Å². The molecule has 104 valence electrons. The molecule has 3 heteroatoms. The van der Waals surface area contributed by atoms with Gasteiger partial charge in [-0.1, -0.05) is 48.5 Å². The van der Waals surface area contributed by atoms with E-state index in [4.69, 9.17) is 4.74 Å². The molecule has 2 N–H and O–H groups in total. The van der Waals surface area contributed by atoms with E-state index in [-0.39, 0.29) is 0 Å². The van der Waals surface area contributed by atoms with Crippen molar-refractivity contribution in [1.29, 1.82) is 0 Å². The SMILES string of the molecule is C=CCOCc1ccc(CNNc2ccccc2)cc1. The first-order valence-corrected chi connectivity index (χ1v) is 6.69. The Balaban J connectivity index is 1.74. The van der Waals surface area contributed by atoms with Gasteiger partial charge in [0.05, 0.1) is 13.2 Å². The Morgan fingerprint density at radius 3 is 2.35 bits per heavy atom. The minimum Gasteiger partial charge on any atom is -0.373 e. The minimum absolute atomic E-state index is 0.588. The van der Waals surface area contributed by atoms with E-state index in [0.29, 0.717) is 13.2 Å². The lowest BCUT2D eigenvalue weighted by Gasteiger charge is -2.09. The molecule has 3 nitrogen and oxygen atoms in total. The molecule has 2 rings (SSSR count). The van der Waals surface area contributed by atoms with Crippen LogP contribution in [0.4, 0.5) is 5.69 Å². The molecule has 0 amide bonds. The van der Waals surface area contributed by atoms with Crippen molar-refractivity contribution in [3.05, 3.63) is 78.4 Å². The van der Waals surface area contributed by atoms with Crippen molar-refractivity contribution in [2.24, 2.45) is 0 Å². The lowest BCUT2D eigenvalue weighted by Crippen LogP contribution is -2.20. The molecule has 0 bridgehead atoms. The molecule has 0 aliphatic carbocycles. The Morgan fingerprint density at radius 1 is 0.950 bits per heavy atom. The van der Waals surface area contributed by atoms with Gasteiger partial charge >= 0.3 is 0 Å². The Kier molecular flexibility index (Phi) is 5.83. The average Bonchev–Trinajstić information content (AvgIpc) is 2.50. The van der Waals surface area contributed by atoms with E-state index < -0.39 is 0 Å². The van der Waals surface area contributed by atoms with Gasteiger partial charge < -0.3 is 10.2 Å². The van der Waals surface area contributed by atoms with Gasteiger partial charge in [-0.2, -0.15) is 0 Å². The van der Waals surface area contributed by atoms with Crippen molar-refractivity contribution in [2.45, 2.75) is 13.2 Å². The molecular weight excluding hydrogens is 248 g/mol. The lowest BCUT2D eigenvalue weighted by molar-refractivity contribution is 0.149. The van der Waals surface area contributed by atoms with Crippen LogP contribution in [0.2, 0.25) is 0 Å². The van der Waals surface area contributed by atoms with E-state index in [1.807, 2.05) is 30.3 Å². The molecule has 2 aromatic rings. The standard InChI is InChI=1S/C17H20N2O/c1-2-12-20-14-16-10-8-15(9-11-16)13-18-19-17-6-4-3-5-7-17/h2-11,18-19H,1,12-14H2. The number of anilines is 1. The van der Waals surface area contributed by atoms with Crippen LogP contribution in [-0.2, 0) is 17.9 Å². The predicted molar refractivity (Wildman–Crippen MR) is 83.2 cm³/mol. The van der Waals surface area contributed by atoms with E-state index in [1.54, 1.807) is 6.08 Å². The summed E-state index contributed by atoms with van der Waals surface area (Å²) in [4.78, 5) is 0. The summed E-state index contributed by atoms with van der Waals surface area (Å²) in [5.41, 5.74) is 9.81. The van der Waals surface area contributed by atoms with Crippen LogP contribution in [-0.4, -0.2) is 6.61 Å². The third-order valence-corrected chi connectivity index (χ3v) is 2.83. The molecule has 0 spiro atoms. The maximum atomic E-state index is 5.40. The summed E-state index contributed by atoms with van der Waals surface area (Å²) in [5.74, 6) is 0. The zero-order chi connectivity index (χ0) is 14.0. The van der Waals surface area contributed by atoms with Crippen LogP contribution in [0.1, 0.15) is 11.1 Å². The van der Waals surface area contributed by atoms with Crippen molar-refractivity contribution < 1.29 is 4.74 Å². The number of ether oxygens (including phenoxy) is 1. The normalized spacial score (nSPS) is 10.2. The van der Waals surface area contributed by atoms with Gasteiger partial charge in [-0.25, -0.2) is 5.43 Å². The van der Waals surface area contributed by atoms with E-state index in [2.05, 4.69) is 41.7 Å². The Hall–Kier alpha value is -2.10. The van der Waals surface area contributed by atoms with Crippen LogP contribution < -0.4 is 10.9 Å². The highest BCUT2D eigenvalue weighted by Gasteiger charge is 1.95. The summed E-state index contributed by atoms with van der Waals surface area (Å²) in [5, 5.41) is 0. The van der Waals surface area contributed by atoms with Crippen molar-refractivity contribution in [3.63, 3.8) is 0 Å². The maximum Gasteiger partial charge on any atom is 0.0721 e. The second-order valence-corrected chi connectivity index (χ2v) is 4.46. The first kappa shape index (κ1) is 14.3. The molecule has 0 saturated carbocycles. The number of hydrazine groups is 1. The summed E-state index contributed by atoms with van der Waals surface area (Å²) < 4.78 is 5.40. The summed E-state index contributed by atoms with van der Waals surface area (Å²) in [6, 6.07) is 18.4. The molecule has 0 aliphatic heterocycles. The van der Waals surface area contributed by atoms with Gasteiger partial charge in [0.2, 0.25) is 0 Å². The summed E-state index contributed by atoms with van der Waals surface area (Å²) in [7, 11) is 0. The van der Waals surface area contributed by atoms with Gasteiger partial charge in [0, 0.05) is 12.2 Å². The first-order valence-electron chi connectivity index (χ1n) is 6.69. The third-order valence-electron chi connectivity index (χ3n) is 2.83. The number of nitrogens with one attached hydrogen (secondary N) is 2. The molecule has 20 heavy (non-hydrogen) atoms. The van der Waals surface area contributed by atoms with Gasteiger partial charge in [-0.15, -0.1) is 6.58 Å². The van der Waals surface area contributed by atoms with Crippen LogP contribution in [0.25, 0.3) is 0 Å². The maximum absolute atomic E-state index is 5.40. The highest BCUT2D eigenvalue weighted by Crippen LogP contribution is 2.07. The van der Waals surface area contributed by atoms with E-state index in [1.165, 1.54) is 11.1 Å². The first-order chi connectivity index (χ1) is 9.88. The van der Waals surface area contributed by atoms with E-state index in [0.717, 1.165) is 12.2 Å². The van der Waals surface area contributed by atoms with Gasteiger partial charge in [0.25, 0.3) is 0 Å². The molecule has 0 atom stereocenters. The fourth-order valence-electron chi connectivity index (χ4n) is 1.78. The van der Waals surface area contributed by atoms with Crippen molar-refractivity contribution >= 4 is 5.69 Å². The van der Waals surface area contributed by atoms with Crippen LogP contribution in [0.3, 0.4) is 0 Å². The van der Waals surface area contributed by atoms with Gasteiger partial charge in [0.1, 0.15) is 0 Å². The average molecular weight is 268 g/mol. The number of hydrogen-bond acceptors (Lipinski definition) is 3. The predicted octanol–water partition coefficient (Wildman–Crippen LogP) is 3.51. The van der Waals surface area contributed by atoms with Gasteiger partial charge in [-0.3, -0.25) is 0 Å². The third kappa shape index (κ3) is 4.88. The molecule has 0 heterocycles. The topological polar surface area (TPSA) is 33.3 Å². The summed E-state index contributed by atoms with van der Waals surface area (Å²) in [6.07, 6.45) is 1.76. The second-order valence-electron chi connectivity index (χ2n) is 4.46. The number of hydrogen-bond donors (Lipinski definition) is 2. The summed E-state index contributed by atoms with van der Waals surface area (Å²) in [6.45, 7) is 5.61. The highest BCUT2D eigenvalue weighted by molar-refractivity contribution is 5.41. The quantitative estimate of drug-likeness (QED) is 0.437. The molecule has 0 unspecified atom stereocenters. The summed E-state index contributed by atoms with van der Waals surface area (Å²) >= 11 is 0. The van der Waals surface area contributed by atoms with Crippen molar-refractivity contribution in [1.82, 2.24) is 5.43 Å². The second kappa shape index (κ2) is 8.15. The Bertz CT molecular complexity index is 508. The fraction of sp³-hybridized carbons (Fsp3) is 0.176. The van der Waals surface area contributed by atoms with Crippen LogP contribution >= 0.6 is 0 Å².